The average molecular weight is 248 g/mol. The number of ketones is 1. The first-order valence-electron chi connectivity index (χ1n) is 5.25. The van der Waals surface area contributed by atoms with Gasteiger partial charge in [-0.25, -0.2) is 4.39 Å². The van der Waals surface area contributed by atoms with E-state index in [1.807, 2.05) is 16.8 Å². The fraction of sp³-hybridized carbons (Fsp3) is 0.154. The standard InChI is InChI=1S/C13H9FO2S/c14-9-1-2-12-10(5-9)11(15)6-13(16-12)8-3-4-17-7-8/h1-5,7,13H,6H2. The van der Waals surface area contributed by atoms with E-state index in [2.05, 4.69) is 0 Å². The highest BCUT2D eigenvalue weighted by Crippen LogP contribution is 2.35. The lowest BCUT2D eigenvalue weighted by Gasteiger charge is -2.24. The number of Topliss-reactive ketones (excluding diaryl/α,β-unsaturated/α-hetero) is 1. The molecule has 0 saturated heterocycles. The second-order valence-corrected chi connectivity index (χ2v) is 4.71. The first-order valence-corrected chi connectivity index (χ1v) is 6.20. The number of carbonyl (C=O) groups excluding carboxylic acids is 1. The van der Waals surface area contributed by atoms with Gasteiger partial charge >= 0.3 is 0 Å². The summed E-state index contributed by atoms with van der Waals surface area (Å²) in [5.74, 6) is -0.00418. The van der Waals surface area contributed by atoms with Gasteiger partial charge in [0.2, 0.25) is 0 Å². The van der Waals surface area contributed by atoms with Crippen molar-refractivity contribution in [1.82, 2.24) is 0 Å². The molecule has 0 fully saturated rings. The molecule has 0 spiro atoms. The second kappa shape index (κ2) is 3.96. The largest absolute Gasteiger partial charge is 0.484 e. The Hall–Kier alpha value is -1.68. The van der Waals surface area contributed by atoms with Crippen LogP contribution in [0.3, 0.4) is 0 Å². The van der Waals surface area contributed by atoms with Gasteiger partial charge in [-0.15, -0.1) is 0 Å². The number of benzene rings is 1. The van der Waals surface area contributed by atoms with Gasteiger partial charge in [-0.2, -0.15) is 11.3 Å². The maximum atomic E-state index is 13.0. The number of carbonyl (C=O) groups is 1. The van der Waals surface area contributed by atoms with Crippen LogP contribution in [0.1, 0.15) is 28.4 Å². The molecule has 1 aromatic heterocycles. The van der Waals surface area contributed by atoms with E-state index in [0.717, 1.165) is 5.56 Å². The lowest BCUT2D eigenvalue weighted by molar-refractivity contribution is 0.0849. The van der Waals surface area contributed by atoms with E-state index in [0.29, 0.717) is 11.3 Å². The molecule has 86 valence electrons. The van der Waals surface area contributed by atoms with E-state index in [1.54, 1.807) is 11.3 Å². The molecule has 0 radical (unpaired) electrons. The summed E-state index contributed by atoms with van der Waals surface area (Å²) in [6.45, 7) is 0. The number of rotatable bonds is 1. The SMILES string of the molecule is O=C1CC(c2ccsc2)Oc2ccc(F)cc21. The maximum absolute atomic E-state index is 13.0. The Morgan fingerprint density at radius 1 is 1.35 bits per heavy atom. The molecule has 1 atom stereocenters. The summed E-state index contributed by atoms with van der Waals surface area (Å²) in [4.78, 5) is 11.9. The van der Waals surface area contributed by atoms with E-state index in [4.69, 9.17) is 4.74 Å². The van der Waals surface area contributed by atoms with Crippen molar-refractivity contribution in [2.45, 2.75) is 12.5 Å². The maximum Gasteiger partial charge on any atom is 0.170 e. The predicted molar refractivity (Wildman–Crippen MR) is 63.0 cm³/mol. The van der Waals surface area contributed by atoms with Crippen molar-refractivity contribution < 1.29 is 13.9 Å². The number of hydrogen-bond donors (Lipinski definition) is 0. The Morgan fingerprint density at radius 2 is 2.24 bits per heavy atom. The fourth-order valence-electron chi connectivity index (χ4n) is 1.94. The number of hydrogen-bond acceptors (Lipinski definition) is 3. The summed E-state index contributed by atoms with van der Waals surface area (Å²) >= 11 is 1.57. The third-order valence-corrected chi connectivity index (χ3v) is 3.50. The summed E-state index contributed by atoms with van der Waals surface area (Å²) in [6, 6.07) is 6.00. The smallest absolute Gasteiger partial charge is 0.170 e. The number of halogens is 1. The molecule has 1 aromatic carbocycles. The summed E-state index contributed by atoms with van der Waals surface area (Å²) in [5, 5.41) is 3.91. The molecule has 2 nitrogen and oxygen atoms in total. The van der Waals surface area contributed by atoms with Crippen LogP contribution in [0.5, 0.6) is 5.75 Å². The molecular weight excluding hydrogens is 239 g/mol. The quantitative estimate of drug-likeness (QED) is 0.770. The molecule has 1 aliphatic heterocycles. The molecule has 2 aromatic rings. The number of thiophene rings is 1. The summed E-state index contributed by atoms with van der Waals surface area (Å²) in [5.41, 5.74) is 1.34. The van der Waals surface area contributed by atoms with Crippen LogP contribution in [0.4, 0.5) is 4.39 Å². The van der Waals surface area contributed by atoms with E-state index in [-0.39, 0.29) is 18.3 Å². The van der Waals surface area contributed by atoms with Crippen LogP contribution in [-0.4, -0.2) is 5.78 Å². The van der Waals surface area contributed by atoms with Crippen molar-refractivity contribution in [3.05, 3.63) is 52.0 Å². The van der Waals surface area contributed by atoms with Crippen molar-refractivity contribution in [1.29, 1.82) is 0 Å². The first-order chi connectivity index (χ1) is 8.24. The van der Waals surface area contributed by atoms with Crippen LogP contribution in [-0.2, 0) is 0 Å². The second-order valence-electron chi connectivity index (χ2n) is 3.93. The van der Waals surface area contributed by atoms with Crippen molar-refractivity contribution in [3.63, 3.8) is 0 Å². The molecule has 4 heteroatoms. The Labute approximate surface area is 102 Å². The minimum atomic E-state index is -0.408. The van der Waals surface area contributed by atoms with Crippen LogP contribution in [0.25, 0.3) is 0 Å². The van der Waals surface area contributed by atoms with Gasteiger partial charge in [0, 0.05) is 5.56 Å². The van der Waals surface area contributed by atoms with E-state index in [1.165, 1.54) is 18.2 Å². The highest BCUT2D eigenvalue weighted by molar-refractivity contribution is 7.07. The monoisotopic (exact) mass is 248 g/mol. The van der Waals surface area contributed by atoms with Gasteiger partial charge in [-0.1, -0.05) is 0 Å². The van der Waals surface area contributed by atoms with Crippen LogP contribution >= 0.6 is 11.3 Å². The lowest BCUT2D eigenvalue weighted by Crippen LogP contribution is -2.20. The molecule has 3 rings (SSSR count). The minimum absolute atomic E-state index is 0.0676. The molecule has 17 heavy (non-hydrogen) atoms. The van der Waals surface area contributed by atoms with Gasteiger partial charge in [0.25, 0.3) is 0 Å². The van der Waals surface area contributed by atoms with Gasteiger partial charge in [-0.3, -0.25) is 4.79 Å². The predicted octanol–water partition coefficient (Wildman–Crippen LogP) is 3.59. The van der Waals surface area contributed by atoms with Crippen LogP contribution < -0.4 is 4.74 Å². The zero-order valence-corrected chi connectivity index (χ0v) is 9.67. The van der Waals surface area contributed by atoms with Gasteiger partial charge in [0.15, 0.2) is 5.78 Å². The van der Waals surface area contributed by atoms with E-state index < -0.39 is 5.82 Å². The normalized spacial score (nSPS) is 18.6. The molecule has 0 bridgehead atoms. The lowest BCUT2D eigenvalue weighted by atomic mass is 9.98. The van der Waals surface area contributed by atoms with Gasteiger partial charge in [0.1, 0.15) is 17.7 Å². The summed E-state index contributed by atoms with van der Waals surface area (Å²) in [7, 11) is 0. The Kier molecular flexibility index (Phi) is 2.44. The van der Waals surface area contributed by atoms with E-state index in [9.17, 15) is 9.18 Å². The molecule has 0 aliphatic carbocycles. The van der Waals surface area contributed by atoms with Crippen molar-refractivity contribution in [3.8, 4) is 5.75 Å². The van der Waals surface area contributed by atoms with Crippen molar-refractivity contribution >= 4 is 17.1 Å². The van der Waals surface area contributed by atoms with E-state index >= 15 is 0 Å². The molecule has 1 aliphatic rings. The average Bonchev–Trinajstić information content (AvgIpc) is 2.83. The molecule has 1 unspecified atom stereocenters. The third-order valence-electron chi connectivity index (χ3n) is 2.80. The molecular formula is C13H9FO2S. The Morgan fingerprint density at radius 3 is 3.00 bits per heavy atom. The van der Waals surface area contributed by atoms with Crippen molar-refractivity contribution in [2.75, 3.05) is 0 Å². The topological polar surface area (TPSA) is 26.3 Å². The Bertz CT molecular complexity index is 563. The Balaban J connectivity index is 1.99. The van der Waals surface area contributed by atoms with Gasteiger partial charge in [-0.05, 0) is 35.0 Å². The number of fused-ring (bicyclic) bond motifs is 1. The zero-order valence-electron chi connectivity index (χ0n) is 8.85. The minimum Gasteiger partial charge on any atom is -0.484 e. The third kappa shape index (κ3) is 1.85. The van der Waals surface area contributed by atoms with Gasteiger partial charge < -0.3 is 4.74 Å². The van der Waals surface area contributed by atoms with Crippen LogP contribution in [0, 0.1) is 5.82 Å². The molecule has 0 saturated carbocycles. The van der Waals surface area contributed by atoms with Crippen LogP contribution in [0.2, 0.25) is 0 Å². The molecule has 2 heterocycles. The highest BCUT2D eigenvalue weighted by Gasteiger charge is 2.28. The van der Waals surface area contributed by atoms with Crippen molar-refractivity contribution in [2.24, 2.45) is 0 Å². The molecule has 0 amide bonds. The number of ether oxygens (including phenoxy) is 1. The van der Waals surface area contributed by atoms with Gasteiger partial charge in [0.05, 0.1) is 12.0 Å². The fourth-order valence-corrected chi connectivity index (χ4v) is 2.64. The summed E-state index contributed by atoms with van der Waals surface area (Å²) in [6.07, 6.45) is 0.0272. The molecule has 0 N–H and O–H groups in total. The first kappa shape index (κ1) is 10.5. The zero-order chi connectivity index (χ0) is 11.8. The highest BCUT2D eigenvalue weighted by atomic mass is 32.1. The van der Waals surface area contributed by atoms with Crippen LogP contribution in [0.15, 0.2) is 35.0 Å². The summed E-state index contributed by atoms with van der Waals surface area (Å²) < 4.78 is 18.8.